The van der Waals surface area contributed by atoms with Crippen molar-refractivity contribution in [1.82, 2.24) is 0 Å². The van der Waals surface area contributed by atoms with Crippen LogP contribution in [-0.4, -0.2) is 16.4 Å². The summed E-state index contributed by atoms with van der Waals surface area (Å²) >= 11 is 0. The molecule has 44 valence electrons. The Morgan fingerprint density at radius 3 is 1.57 bits per heavy atom. The van der Waals surface area contributed by atoms with Crippen LogP contribution in [0.5, 0.6) is 0 Å². The van der Waals surface area contributed by atoms with Gasteiger partial charge in [0.15, 0.2) is 5.34 Å². The van der Waals surface area contributed by atoms with Gasteiger partial charge in [0.2, 0.25) is 0 Å². The van der Waals surface area contributed by atoms with Gasteiger partial charge in [-0.15, -0.1) is 4.91 Å². The largest absolute Gasteiger partial charge is 0.394 e. The van der Waals surface area contributed by atoms with E-state index in [4.69, 9.17) is 15.2 Å². The summed E-state index contributed by atoms with van der Waals surface area (Å²) in [5, 5.41) is 15.9. The predicted octanol–water partition coefficient (Wildman–Crippen LogP) is 0.529. The lowest BCUT2D eigenvalue weighted by Gasteiger charge is -1.80. The highest BCUT2D eigenvalue weighted by molar-refractivity contribution is 4.20. The summed E-state index contributed by atoms with van der Waals surface area (Å²) in [5.41, 5.74) is 0. The van der Waals surface area contributed by atoms with Crippen molar-refractivity contribution in [2.45, 2.75) is 20.0 Å². The normalized spacial score (nSPS) is 6.86. The minimum Gasteiger partial charge on any atom is -0.394 e. The quantitative estimate of drug-likeness (QED) is 0.350. The van der Waals surface area contributed by atoms with Crippen molar-refractivity contribution >= 4 is 0 Å². The van der Waals surface area contributed by atoms with Crippen LogP contribution in [0.2, 0.25) is 0 Å². The molecule has 0 saturated heterocycles. The lowest BCUT2D eigenvalue weighted by atomic mass is 10.5. The van der Waals surface area contributed by atoms with E-state index in [0.29, 0.717) is 0 Å². The monoisotopic (exact) mass is 107 g/mol. The molecule has 0 aromatic carbocycles. The van der Waals surface area contributed by atoms with Crippen molar-refractivity contribution < 1.29 is 10.3 Å². The second-order valence-corrected chi connectivity index (χ2v) is 1.18. The van der Waals surface area contributed by atoms with Crippen molar-refractivity contribution in [1.29, 1.82) is 0 Å². The summed E-state index contributed by atoms with van der Waals surface area (Å²) in [4.78, 5) is 8.11. The van der Waals surface area contributed by atoms with Crippen LogP contribution in [0.15, 0.2) is 5.34 Å². The highest BCUT2D eigenvalue weighted by atomic mass is 16.6. The Morgan fingerprint density at radius 1 is 1.57 bits per heavy atom. The number of rotatable bonds is 0. The van der Waals surface area contributed by atoms with E-state index in [0.717, 1.165) is 0 Å². The molecule has 0 radical (unpaired) electrons. The third-order valence-electron chi connectivity index (χ3n) is 0. The van der Waals surface area contributed by atoms with Crippen molar-refractivity contribution in [2.75, 3.05) is 0 Å². The molecule has 2 N–H and O–H groups in total. The van der Waals surface area contributed by atoms with Crippen LogP contribution in [-0.2, 0) is 0 Å². The molecule has 7 heavy (non-hydrogen) atoms. The molecule has 0 aliphatic carbocycles. The minimum atomic E-state index is -0.167. The van der Waals surface area contributed by atoms with Crippen LogP contribution >= 0.6 is 0 Å². The van der Waals surface area contributed by atoms with E-state index >= 15 is 0 Å². The van der Waals surface area contributed by atoms with Crippen molar-refractivity contribution in [3.63, 3.8) is 0 Å². The number of hydrogen-bond acceptors (Lipinski definition) is 3. The third kappa shape index (κ3) is 148. The Labute approximate surface area is 41.7 Å². The predicted molar refractivity (Wildman–Crippen MR) is 24.9 cm³/mol. The van der Waals surface area contributed by atoms with Gasteiger partial charge >= 0.3 is 0 Å². The van der Waals surface area contributed by atoms with Gasteiger partial charge in [-0.25, -0.2) is 0 Å². The molecule has 0 aliphatic heterocycles. The molecule has 0 aromatic rings. The van der Waals surface area contributed by atoms with Gasteiger partial charge in [0.05, 0.1) is 0 Å². The fraction of sp³-hybridized carbons (Fsp3) is 1.00. The number of nitrogens with zero attached hydrogens (tertiary/aromatic N) is 1. The molecular formula is C3H9NO3. The highest BCUT2D eigenvalue weighted by Crippen LogP contribution is 1.65. The van der Waals surface area contributed by atoms with E-state index in [1.54, 1.807) is 13.8 Å². The first-order valence-electron chi connectivity index (χ1n) is 1.80. The third-order valence-corrected chi connectivity index (χ3v) is 0. The number of hydrogen-bond donors (Lipinski definition) is 2. The Hall–Kier alpha value is -0.640. The second kappa shape index (κ2) is 9.03. The van der Waals surface area contributed by atoms with Gasteiger partial charge in [-0.1, -0.05) is 0 Å². The summed E-state index contributed by atoms with van der Waals surface area (Å²) in [6.45, 7) is 3.44. The fourth-order valence-electron chi connectivity index (χ4n) is 0. The molecular weight excluding hydrogens is 98.0 g/mol. The minimum absolute atomic E-state index is 0.167. The number of aliphatic hydroxyl groups is 1. The van der Waals surface area contributed by atoms with E-state index in [-0.39, 0.29) is 6.10 Å². The zero-order chi connectivity index (χ0) is 6.28. The topological polar surface area (TPSA) is 69.9 Å². The van der Waals surface area contributed by atoms with Gasteiger partial charge in [-0.3, -0.25) is 0 Å². The van der Waals surface area contributed by atoms with E-state index in [1.807, 2.05) is 0 Å². The molecule has 0 spiro atoms. The SMILES string of the molecule is CC(C)O.O=NO. The molecule has 4 heteroatoms. The highest BCUT2D eigenvalue weighted by Gasteiger charge is 1.69. The summed E-state index contributed by atoms with van der Waals surface area (Å²) in [7, 11) is 0. The van der Waals surface area contributed by atoms with Crippen LogP contribution in [0.1, 0.15) is 13.8 Å². The molecule has 0 aliphatic rings. The molecule has 0 bridgehead atoms. The maximum Gasteiger partial charge on any atom is 0.152 e. The van der Waals surface area contributed by atoms with Gasteiger partial charge in [-0.2, -0.15) is 0 Å². The summed E-state index contributed by atoms with van der Waals surface area (Å²) in [6, 6.07) is 0. The first-order chi connectivity index (χ1) is 3.15. The smallest absolute Gasteiger partial charge is 0.152 e. The van der Waals surface area contributed by atoms with Crippen molar-refractivity contribution in [2.24, 2.45) is 5.34 Å². The average Bonchev–Trinajstić information content (AvgIpc) is 1.33. The number of aliphatic hydroxyl groups excluding tert-OH is 1. The zero-order valence-corrected chi connectivity index (χ0v) is 4.33. The molecule has 0 aromatic heterocycles. The molecule has 4 nitrogen and oxygen atoms in total. The first-order valence-corrected chi connectivity index (χ1v) is 1.80. The van der Waals surface area contributed by atoms with Crippen LogP contribution in [0, 0.1) is 4.91 Å². The maximum absolute atomic E-state index is 8.11. The molecule has 0 heterocycles. The molecule has 0 saturated carbocycles. The van der Waals surface area contributed by atoms with Gasteiger partial charge < -0.3 is 10.3 Å². The van der Waals surface area contributed by atoms with E-state index in [9.17, 15) is 0 Å². The van der Waals surface area contributed by atoms with Crippen LogP contribution in [0.3, 0.4) is 0 Å². The lowest BCUT2D eigenvalue weighted by Crippen LogP contribution is -1.85. The van der Waals surface area contributed by atoms with E-state index < -0.39 is 0 Å². The Balaban J connectivity index is 0. The molecule has 0 amide bonds. The molecule has 0 atom stereocenters. The summed E-state index contributed by atoms with van der Waals surface area (Å²) in [5.74, 6) is 0. The van der Waals surface area contributed by atoms with Gasteiger partial charge in [-0.05, 0) is 13.8 Å². The van der Waals surface area contributed by atoms with Crippen molar-refractivity contribution in [3.8, 4) is 0 Å². The Kier molecular flexibility index (Phi) is 12.4. The maximum atomic E-state index is 8.11. The van der Waals surface area contributed by atoms with Crippen LogP contribution in [0.25, 0.3) is 0 Å². The molecule has 0 fully saturated rings. The van der Waals surface area contributed by atoms with Gasteiger partial charge in [0.25, 0.3) is 0 Å². The van der Waals surface area contributed by atoms with E-state index in [1.165, 1.54) is 5.34 Å². The summed E-state index contributed by atoms with van der Waals surface area (Å²) in [6.07, 6.45) is -0.167. The lowest BCUT2D eigenvalue weighted by molar-refractivity contribution is 0.216. The Morgan fingerprint density at radius 2 is 1.57 bits per heavy atom. The van der Waals surface area contributed by atoms with Crippen LogP contribution < -0.4 is 0 Å². The van der Waals surface area contributed by atoms with E-state index in [2.05, 4.69) is 0 Å². The van der Waals surface area contributed by atoms with Gasteiger partial charge in [0, 0.05) is 6.10 Å². The van der Waals surface area contributed by atoms with Crippen LogP contribution in [0.4, 0.5) is 0 Å². The first kappa shape index (κ1) is 9.61. The zero-order valence-electron chi connectivity index (χ0n) is 4.33. The Bertz CT molecular complexity index is 34.4. The fourth-order valence-corrected chi connectivity index (χ4v) is 0. The summed E-state index contributed by atoms with van der Waals surface area (Å²) < 4.78 is 0. The molecule has 0 rings (SSSR count). The standard InChI is InChI=1S/C3H8O.HNO2/c1-3(2)4;2-1-3/h3-4H,1-2H3;(H,2,3). The molecule has 0 unspecified atom stereocenters. The second-order valence-electron chi connectivity index (χ2n) is 1.18. The van der Waals surface area contributed by atoms with Crippen molar-refractivity contribution in [3.05, 3.63) is 4.91 Å². The average molecular weight is 107 g/mol. The van der Waals surface area contributed by atoms with Gasteiger partial charge in [0.1, 0.15) is 0 Å².